The molecular formula is C15H34ClN. The van der Waals surface area contributed by atoms with Crippen molar-refractivity contribution in [3.05, 3.63) is 0 Å². The molecular weight excluding hydrogens is 230 g/mol. The molecule has 0 saturated carbocycles. The predicted octanol–water partition coefficient (Wildman–Crippen LogP) is 1.62. The number of unbranched alkanes of at least 4 members (excludes halogenated alkanes) is 5. The summed E-state index contributed by atoms with van der Waals surface area (Å²) in [6, 6.07) is 0.876. The van der Waals surface area contributed by atoms with E-state index in [4.69, 9.17) is 0 Å². The number of hydrogen-bond donors (Lipinski definition) is 0. The molecule has 0 fully saturated rings. The fourth-order valence-corrected chi connectivity index (χ4v) is 2.34. The van der Waals surface area contributed by atoms with Crippen molar-refractivity contribution in [3.8, 4) is 0 Å². The fraction of sp³-hybridized carbons (Fsp3) is 1.00. The predicted molar refractivity (Wildman–Crippen MR) is 74.7 cm³/mol. The molecule has 0 spiro atoms. The summed E-state index contributed by atoms with van der Waals surface area (Å²) in [7, 11) is 7.06. The van der Waals surface area contributed by atoms with E-state index < -0.39 is 0 Å². The van der Waals surface area contributed by atoms with Crippen LogP contribution < -0.4 is 12.4 Å². The first kappa shape index (κ1) is 19.6. The minimum atomic E-state index is 0. The van der Waals surface area contributed by atoms with E-state index in [0.29, 0.717) is 0 Å². The van der Waals surface area contributed by atoms with Gasteiger partial charge in [0.2, 0.25) is 0 Å². The van der Waals surface area contributed by atoms with Crippen molar-refractivity contribution in [1.82, 2.24) is 0 Å². The van der Waals surface area contributed by atoms with E-state index in [1.54, 1.807) is 0 Å². The zero-order valence-electron chi connectivity index (χ0n) is 12.8. The summed E-state index contributed by atoms with van der Waals surface area (Å²) in [5.41, 5.74) is 0. The van der Waals surface area contributed by atoms with Gasteiger partial charge in [0, 0.05) is 0 Å². The van der Waals surface area contributed by atoms with E-state index in [9.17, 15) is 0 Å². The van der Waals surface area contributed by atoms with Crippen LogP contribution in [0.5, 0.6) is 0 Å². The number of quaternary nitrogens is 1. The molecule has 1 atom stereocenters. The number of nitrogens with zero attached hydrogens (tertiary/aromatic N) is 1. The molecule has 0 aromatic carbocycles. The molecule has 2 heteroatoms. The van der Waals surface area contributed by atoms with Gasteiger partial charge in [-0.25, -0.2) is 0 Å². The second kappa shape index (κ2) is 11.3. The third-order valence-electron chi connectivity index (χ3n) is 3.63. The molecule has 0 N–H and O–H groups in total. The van der Waals surface area contributed by atoms with E-state index >= 15 is 0 Å². The normalized spacial score (nSPS) is 13.2. The summed E-state index contributed by atoms with van der Waals surface area (Å²) in [5, 5.41) is 0. The van der Waals surface area contributed by atoms with E-state index in [0.717, 1.165) is 10.5 Å². The summed E-state index contributed by atoms with van der Waals surface area (Å²) in [4.78, 5) is 0. The van der Waals surface area contributed by atoms with Crippen molar-refractivity contribution in [2.24, 2.45) is 0 Å². The van der Waals surface area contributed by atoms with Crippen LogP contribution in [0.2, 0.25) is 0 Å². The Morgan fingerprint density at radius 3 is 1.65 bits per heavy atom. The Morgan fingerprint density at radius 2 is 1.18 bits per heavy atom. The number of hydrogen-bond acceptors (Lipinski definition) is 0. The molecule has 0 bridgehead atoms. The van der Waals surface area contributed by atoms with Gasteiger partial charge < -0.3 is 16.9 Å². The molecule has 0 radical (unpaired) electrons. The molecule has 0 aliphatic carbocycles. The second-order valence-electron chi connectivity index (χ2n) is 6.12. The van der Waals surface area contributed by atoms with Crippen molar-refractivity contribution >= 4 is 0 Å². The van der Waals surface area contributed by atoms with Crippen LogP contribution in [0, 0.1) is 0 Å². The van der Waals surface area contributed by atoms with E-state index in [-0.39, 0.29) is 12.4 Å². The van der Waals surface area contributed by atoms with Crippen LogP contribution in [0.15, 0.2) is 0 Å². The van der Waals surface area contributed by atoms with Gasteiger partial charge in [-0.05, 0) is 25.7 Å². The minimum Gasteiger partial charge on any atom is -1.00 e. The molecule has 17 heavy (non-hydrogen) atoms. The first-order valence-corrected chi connectivity index (χ1v) is 7.33. The van der Waals surface area contributed by atoms with E-state index in [1.165, 1.54) is 57.8 Å². The maximum Gasteiger partial charge on any atom is 0.0884 e. The summed E-state index contributed by atoms with van der Waals surface area (Å²) in [6.07, 6.45) is 12.7. The molecule has 0 saturated heterocycles. The van der Waals surface area contributed by atoms with Crippen LogP contribution in [-0.4, -0.2) is 31.7 Å². The van der Waals surface area contributed by atoms with Crippen LogP contribution in [0.4, 0.5) is 0 Å². The van der Waals surface area contributed by atoms with E-state index in [1.807, 2.05) is 0 Å². The molecule has 0 amide bonds. The quantitative estimate of drug-likeness (QED) is 0.415. The van der Waals surface area contributed by atoms with Crippen molar-refractivity contribution < 1.29 is 16.9 Å². The first-order valence-electron chi connectivity index (χ1n) is 7.33. The maximum atomic E-state index is 2.35. The van der Waals surface area contributed by atoms with Gasteiger partial charge in [0.15, 0.2) is 0 Å². The molecule has 0 aliphatic rings. The van der Waals surface area contributed by atoms with Gasteiger partial charge in [0.05, 0.1) is 27.2 Å². The molecule has 0 rings (SSSR count). The average molecular weight is 264 g/mol. The highest BCUT2D eigenvalue weighted by Crippen LogP contribution is 2.18. The van der Waals surface area contributed by atoms with Gasteiger partial charge in [-0.2, -0.15) is 0 Å². The maximum absolute atomic E-state index is 2.35. The largest absolute Gasteiger partial charge is 1.00 e. The smallest absolute Gasteiger partial charge is 0.0884 e. The Kier molecular flexibility index (Phi) is 13.1. The Bertz CT molecular complexity index is 151. The van der Waals surface area contributed by atoms with Crippen molar-refractivity contribution in [3.63, 3.8) is 0 Å². The molecule has 1 nitrogen and oxygen atoms in total. The van der Waals surface area contributed by atoms with Gasteiger partial charge in [0.25, 0.3) is 0 Å². The van der Waals surface area contributed by atoms with Crippen LogP contribution in [0.3, 0.4) is 0 Å². The standard InChI is InChI=1S/C15H34N.ClH/c1-6-8-10-11-12-14-15(13-9-7-2)16(3,4)5;/h15H,6-14H2,1-5H3;1H/q+1;/p-1. The summed E-state index contributed by atoms with van der Waals surface area (Å²) >= 11 is 0. The van der Waals surface area contributed by atoms with Gasteiger partial charge in [-0.1, -0.05) is 46.0 Å². The Morgan fingerprint density at radius 1 is 0.706 bits per heavy atom. The summed E-state index contributed by atoms with van der Waals surface area (Å²) in [5.74, 6) is 0. The molecule has 106 valence electrons. The fourth-order valence-electron chi connectivity index (χ4n) is 2.34. The van der Waals surface area contributed by atoms with Crippen molar-refractivity contribution in [2.75, 3.05) is 21.1 Å². The van der Waals surface area contributed by atoms with Crippen molar-refractivity contribution in [2.45, 2.75) is 77.7 Å². The van der Waals surface area contributed by atoms with Crippen molar-refractivity contribution in [1.29, 1.82) is 0 Å². The lowest BCUT2D eigenvalue weighted by molar-refractivity contribution is -0.896. The molecule has 1 unspecified atom stereocenters. The lowest BCUT2D eigenvalue weighted by Crippen LogP contribution is -3.00. The Balaban J connectivity index is 0. The number of rotatable bonds is 10. The third-order valence-corrected chi connectivity index (χ3v) is 3.63. The summed E-state index contributed by atoms with van der Waals surface area (Å²) in [6.45, 7) is 4.59. The zero-order chi connectivity index (χ0) is 12.4. The molecule has 0 aliphatic heterocycles. The van der Waals surface area contributed by atoms with Gasteiger partial charge in [-0.3, -0.25) is 0 Å². The second-order valence-corrected chi connectivity index (χ2v) is 6.12. The van der Waals surface area contributed by atoms with Crippen LogP contribution in [0.1, 0.15) is 71.6 Å². The molecule has 0 aromatic heterocycles. The van der Waals surface area contributed by atoms with Crippen LogP contribution >= 0.6 is 0 Å². The monoisotopic (exact) mass is 263 g/mol. The lowest BCUT2D eigenvalue weighted by atomic mass is 10.00. The Hall–Kier alpha value is 0.250. The van der Waals surface area contributed by atoms with Gasteiger partial charge in [-0.15, -0.1) is 0 Å². The SMILES string of the molecule is CCCCCCCC(CCCC)[N+](C)(C)C.[Cl-]. The van der Waals surface area contributed by atoms with Crippen LogP contribution in [0.25, 0.3) is 0 Å². The first-order chi connectivity index (χ1) is 7.52. The topological polar surface area (TPSA) is 0 Å². The van der Waals surface area contributed by atoms with E-state index in [2.05, 4.69) is 35.0 Å². The zero-order valence-corrected chi connectivity index (χ0v) is 13.5. The van der Waals surface area contributed by atoms with Crippen LogP contribution in [-0.2, 0) is 0 Å². The minimum absolute atomic E-state index is 0. The molecule has 0 heterocycles. The Labute approximate surface area is 116 Å². The highest BCUT2D eigenvalue weighted by atomic mass is 35.5. The van der Waals surface area contributed by atoms with Gasteiger partial charge in [0.1, 0.15) is 0 Å². The highest BCUT2D eigenvalue weighted by Gasteiger charge is 2.22. The third kappa shape index (κ3) is 11.1. The van der Waals surface area contributed by atoms with Gasteiger partial charge >= 0.3 is 0 Å². The molecule has 0 aromatic rings. The lowest BCUT2D eigenvalue weighted by Gasteiger charge is -2.34. The highest BCUT2D eigenvalue weighted by molar-refractivity contribution is 4.59. The number of halogens is 1. The average Bonchev–Trinajstić information content (AvgIpc) is 2.20. The summed E-state index contributed by atoms with van der Waals surface area (Å²) < 4.78 is 1.15.